The molecule has 2 heterocycles. The van der Waals surface area contributed by atoms with E-state index < -0.39 is 0 Å². The number of aliphatic hydroxyl groups excluding tert-OH is 1. The lowest BCUT2D eigenvalue weighted by Crippen LogP contribution is -2.38. The summed E-state index contributed by atoms with van der Waals surface area (Å²) >= 11 is 0. The van der Waals surface area contributed by atoms with Crippen LogP contribution in [0.5, 0.6) is 0 Å². The van der Waals surface area contributed by atoms with Gasteiger partial charge in [-0.05, 0) is 36.1 Å². The van der Waals surface area contributed by atoms with Gasteiger partial charge in [-0.2, -0.15) is 0 Å². The lowest BCUT2D eigenvalue weighted by atomic mass is 9.92. The second-order valence-electron chi connectivity index (χ2n) is 6.86. The molecule has 0 amide bonds. The number of benzene rings is 2. The minimum atomic E-state index is 0.263. The van der Waals surface area contributed by atoms with Crippen molar-refractivity contribution >= 4 is 16.6 Å². The molecule has 1 N–H and O–H groups in total. The standard InChI is InChI=1S/C21H24N2O/c1-22-14-18(19-7-3-5-9-21(19)22)10-11-23-13-16(15-24)12-17-6-2-4-8-20(17)23/h2-9,14,16,24H,10-13,15H2,1H3. The monoisotopic (exact) mass is 320 g/mol. The van der Waals surface area contributed by atoms with E-state index in [-0.39, 0.29) is 6.61 Å². The van der Waals surface area contributed by atoms with Crippen LogP contribution in [0.15, 0.2) is 54.7 Å². The fourth-order valence-electron chi connectivity index (χ4n) is 3.99. The van der Waals surface area contributed by atoms with Crippen molar-refractivity contribution in [2.75, 3.05) is 24.6 Å². The van der Waals surface area contributed by atoms with Crippen LogP contribution in [0.3, 0.4) is 0 Å². The van der Waals surface area contributed by atoms with Gasteiger partial charge in [0.25, 0.3) is 0 Å². The quantitative estimate of drug-likeness (QED) is 0.798. The van der Waals surface area contributed by atoms with Crippen molar-refractivity contribution in [2.24, 2.45) is 13.0 Å². The van der Waals surface area contributed by atoms with Crippen molar-refractivity contribution in [3.8, 4) is 0 Å². The van der Waals surface area contributed by atoms with Gasteiger partial charge < -0.3 is 14.6 Å². The number of hydrogen-bond acceptors (Lipinski definition) is 2. The Morgan fingerprint density at radius 2 is 1.88 bits per heavy atom. The Bertz CT molecular complexity index is 852. The highest BCUT2D eigenvalue weighted by Gasteiger charge is 2.23. The SMILES string of the molecule is Cn1cc(CCN2CC(CO)Cc3ccccc32)c2ccccc21. The number of rotatable bonds is 4. The predicted octanol–water partition coefficient (Wildman–Crippen LogP) is 3.39. The average molecular weight is 320 g/mol. The number of aryl methyl sites for hydroxylation is 1. The van der Waals surface area contributed by atoms with Gasteiger partial charge in [-0.3, -0.25) is 0 Å². The number of nitrogens with zero attached hydrogens (tertiary/aromatic N) is 2. The second kappa shape index (κ2) is 6.33. The summed E-state index contributed by atoms with van der Waals surface area (Å²) in [5.74, 6) is 0.340. The summed E-state index contributed by atoms with van der Waals surface area (Å²) in [6.45, 7) is 2.19. The fourth-order valence-corrected chi connectivity index (χ4v) is 3.99. The zero-order valence-electron chi connectivity index (χ0n) is 14.2. The molecule has 2 aromatic carbocycles. The molecule has 4 rings (SSSR count). The maximum absolute atomic E-state index is 9.63. The molecule has 124 valence electrons. The Hall–Kier alpha value is -2.26. The Labute approximate surface area is 143 Å². The van der Waals surface area contributed by atoms with Crippen LogP contribution in [-0.4, -0.2) is 29.4 Å². The van der Waals surface area contributed by atoms with Crippen molar-refractivity contribution in [1.82, 2.24) is 4.57 Å². The van der Waals surface area contributed by atoms with E-state index in [0.29, 0.717) is 5.92 Å². The fraction of sp³-hybridized carbons (Fsp3) is 0.333. The number of anilines is 1. The van der Waals surface area contributed by atoms with E-state index in [1.54, 1.807) is 0 Å². The zero-order valence-corrected chi connectivity index (χ0v) is 14.2. The van der Waals surface area contributed by atoms with Gasteiger partial charge in [0.1, 0.15) is 0 Å². The molecule has 1 atom stereocenters. The Morgan fingerprint density at radius 1 is 1.08 bits per heavy atom. The molecule has 24 heavy (non-hydrogen) atoms. The van der Waals surface area contributed by atoms with Crippen LogP contribution in [0.25, 0.3) is 10.9 Å². The Balaban J connectivity index is 1.59. The lowest BCUT2D eigenvalue weighted by molar-refractivity contribution is 0.224. The van der Waals surface area contributed by atoms with Crippen LogP contribution in [0, 0.1) is 5.92 Å². The van der Waals surface area contributed by atoms with Crippen LogP contribution in [0.1, 0.15) is 11.1 Å². The molecule has 0 bridgehead atoms. The summed E-state index contributed by atoms with van der Waals surface area (Å²) in [5, 5.41) is 11.0. The maximum atomic E-state index is 9.63. The van der Waals surface area contributed by atoms with Crippen molar-refractivity contribution < 1.29 is 5.11 Å². The molecular formula is C21H24N2O. The highest BCUT2D eigenvalue weighted by atomic mass is 16.3. The van der Waals surface area contributed by atoms with Crippen LogP contribution >= 0.6 is 0 Å². The van der Waals surface area contributed by atoms with Crippen LogP contribution in [0.2, 0.25) is 0 Å². The first kappa shape index (κ1) is 15.3. The summed E-state index contributed by atoms with van der Waals surface area (Å²) in [6, 6.07) is 17.2. The lowest BCUT2D eigenvalue weighted by Gasteiger charge is -2.35. The third-order valence-corrected chi connectivity index (χ3v) is 5.21. The van der Waals surface area contributed by atoms with Crippen LogP contribution in [-0.2, 0) is 19.9 Å². The molecule has 0 radical (unpaired) electrons. The summed E-state index contributed by atoms with van der Waals surface area (Å²) in [7, 11) is 2.11. The number of aromatic nitrogens is 1. The first-order valence-electron chi connectivity index (χ1n) is 8.73. The molecule has 0 aliphatic carbocycles. The molecule has 1 unspecified atom stereocenters. The van der Waals surface area contributed by atoms with E-state index in [1.165, 1.54) is 27.7 Å². The molecule has 0 saturated carbocycles. The molecule has 3 nitrogen and oxygen atoms in total. The highest BCUT2D eigenvalue weighted by molar-refractivity contribution is 5.83. The van der Waals surface area contributed by atoms with Gasteiger partial charge in [-0.15, -0.1) is 0 Å². The second-order valence-corrected chi connectivity index (χ2v) is 6.86. The minimum Gasteiger partial charge on any atom is -0.396 e. The van der Waals surface area contributed by atoms with Crippen molar-refractivity contribution in [3.05, 3.63) is 65.9 Å². The summed E-state index contributed by atoms with van der Waals surface area (Å²) in [6.07, 6.45) is 4.26. The highest BCUT2D eigenvalue weighted by Crippen LogP contribution is 2.30. The molecule has 0 spiro atoms. The number of aliphatic hydroxyl groups is 1. The van der Waals surface area contributed by atoms with E-state index in [1.807, 2.05) is 0 Å². The summed E-state index contributed by atoms with van der Waals surface area (Å²) < 4.78 is 2.21. The number of hydrogen-bond donors (Lipinski definition) is 1. The Morgan fingerprint density at radius 3 is 2.75 bits per heavy atom. The smallest absolute Gasteiger partial charge is 0.0480 e. The average Bonchev–Trinajstić information content (AvgIpc) is 2.96. The third kappa shape index (κ3) is 2.69. The van der Waals surface area contributed by atoms with Gasteiger partial charge in [0.15, 0.2) is 0 Å². The maximum Gasteiger partial charge on any atom is 0.0480 e. The number of fused-ring (bicyclic) bond motifs is 2. The first-order valence-corrected chi connectivity index (χ1v) is 8.73. The molecule has 0 fully saturated rings. The van der Waals surface area contributed by atoms with Crippen molar-refractivity contribution in [1.29, 1.82) is 0 Å². The van der Waals surface area contributed by atoms with Gasteiger partial charge in [-0.1, -0.05) is 36.4 Å². The largest absolute Gasteiger partial charge is 0.396 e. The minimum absolute atomic E-state index is 0.263. The molecular weight excluding hydrogens is 296 g/mol. The molecule has 1 aromatic heterocycles. The molecule has 0 saturated heterocycles. The van der Waals surface area contributed by atoms with Gasteiger partial charge in [0.2, 0.25) is 0 Å². The van der Waals surface area contributed by atoms with Crippen LogP contribution in [0.4, 0.5) is 5.69 Å². The molecule has 1 aliphatic rings. The van der Waals surface area contributed by atoms with Crippen LogP contribution < -0.4 is 4.90 Å². The van der Waals surface area contributed by atoms with E-state index in [4.69, 9.17) is 0 Å². The van der Waals surface area contributed by atoms with Crippen molar-refractivity contribution in [2.45, 2.75) is 12.8 Å². The molecule has 3 heteroatoms. The normalized spacial score (nSPS) is 17.2. The molecule has 3 aromatic rings. The topological polar surface area (TPSA) is 28.4 Å². The zero-order chi connectivity index (χ0) is 16.5. The van der Waals surface area contributed by atoms with Gasteiger partial charge >= 0.3 is 0 Å². The van der Waals surface area contributed by atoms with Crippen molar-refractivity contribution in [3.63, 3.8) is 0 Å². The van der Waals surface area contributed by atoms with Gasteiger partial charge in [-0.25, -0.2) is 0 Å². The summed E-state index contributed by atoms with van der Waals surface area (Å²) in [5.41, 5.74) is 5.39. The molecule has 1 aliphatic heterocycles. The van der Waals surface area contributed by atoms with E-state index >= 15 is 0 Å². The first-order chi connectivity index (χ1) is 11.8. The predicted molar refractivity (Wildman–Crippen MR) is 99.6 cm³/mol. The summed E-state index contributed by atoms with van der Waals surface area (Å²) in [4.78, 5) is 2.45. The van der Waals surface area contributed by atoms with E-state index in [0.717, 1.165) is 25.9 Å². The van der Waals surface area contributed by atoms with Gasteiger partial charge in [0, 0.05) is 55.4 Å². The van der Waals surface area contributed by atoms with E-state index in [9.17, 15) is 5.11 Å². The van der Waals surface area contributed by atoms with Gasteiger partial charge in [0.05, 0.1) is 0 Å². The van der Waals surface area contributed by atoms with E-state index in [2.05, 4.69) is 71.2 Å². The third-order valence-electron chi connectivity index (χ3n) is 5.21. The Kier molecular flexibility index (Phi) is 4.03. The number of para-hydroxylation sites is 2.